The fourth-order valence-corrected chi connectivity index (χ4v) is 2.13. The summed E-state index contributed by atoms with van der Waals surface area (Å²) in [7, 11) is 0. The minimum Gasteiger partial charge on any atom is -0.365 e. The molecule has 0 amide bonds. The van der Waals surface area contributed by atoms with Crippen molar-refractivity contribution in [3.8, 4) is 0 Å². The first-order chi connectivity index (χ1) is 8.09. The molecule has 5 nitrogen and oxygen atoms in total. The Kier molecular flexibility index (Phi) is 3.26. The van der Waals surface area contributed by atoms with Crippen molar-refractivity contribution in [2.24, 2.45) is 11.8 Å². The molecular weight excluding hydrogens is 214 g/mol. The molecule has 17 heavy (non-hydrogen) atoms. The lowest BCUT2D eigenvalue weighted by atomic mass is 9.93. The van der Waals surface area contributed by atoms with E-state index >= 15 is 0 Å². The molecule has 0 bridgehead atoms. The minimum absolute atomic E-state index is 0.379. The van der Waals surface area contributed by atoms with E-state index in [0.717, 1.165) is 17.0 Å². The van der Waals surface area contributed by atoms with Gasteiger partial charge >= 0.3 is 0 Å². The van der Waals surface area contributed by atoms with E-state index in [-0.39, 0.29) is 0 Å². The minimum atomic E-state index is 0.379. The highest BCUT2D eigenvalue weighted by molar-refractivity contribution is 5.82. The standard InChI is InChI=1S/C12H19N5/c1-7(2)9(8(3)4)17-12-10-11(14-5-13-10)15-6-16-12/h5-9H,1-4H3,(H2,13,14,15,16,17). The number of nitrogens with zero attached hydrogens (tertiary/aromatic N) is 3. The predicted molar refractivity (Wildman–Crippen MR) is 68.8 cm³/mol. The van der Waals surface area contributed by atoms with E-state index in [2.05, 4.69) is 52.9 Å². The number of hydrogen-bond donors (Lipinski definition) is 2. The van der Waals surface area contributed by atoms with Gasteiger partial charge in [0, 0.05) is 6.04 Å². The zero-order valence-electron chi connectivity index (χ0n) is 10.7. The molecule has 0 aliphatic heterocycles. The van der Waals surface area contributed by atoms with Crippen molar-refractivity contribution < 1.29 is 0 Å². The first-order valence-corrected chi connectivity index (χ1v) is 6.00. The maximum Gasteiger partial charge on any atom is 0.162 e. The summed E-state index contributed by atoms with van der Waals surface area (Å²) in [5, 5.41) is 3.47. The van der Waals surface area contributed by atoms with Crippen molar-refractivity contribution in [1.82, 2.24) is 19.9 Å². The van der Waals surface area contributed by atoms with E-state index in [0.29, 0.717) is 17.9 Å². The van der Waals surface area contributed by atoms with Crippen LogP contribution in [0.4, 0.5) is 5.82 Å². The summed E-state index contributed by atoms with van der Waals surface area (Å²) in [6, 6.07) is 0.379. The van der Waals surface area contributed by atoms with Gasteiger partial charge in [-0.25, -0.2) is 15.0 Å². The van der Waals surface area contributed by atoms with Crippen LogP contribution in [0.5, 0.6) is 0 Å². The van der Waals surface area contributed by atoms with Gasteiger partial charge in [-0.3, -0.25) is 0 Å². The predicted octanol–water partition coefficient (Wildman–Crippen LogP) is 2.45. The summed E-state index contributed by atoms with van der Waals surface area (Å²) in [5.41, 5.74) is 1.58. The molecule has 0 radical (unpaired) electrons. The maximum absolute atomic E-state index is 4.28. The van der Waals surface area contributed by atoms with Gasteiger partial charge in [-0.2, -0.15) is 0 Å². The van der Waals surface area contributed by atoms with Crippen molar-refractivity contribution in [1.29, 1.82) is 0 Å². The Hall–Kier alpha value is -1.65. The van der Waals surface area contributed by atoms with Gasteiger partial charge in [0.25, 0.3) is 0 Å². The highest BCUT2D eigenvalue weighted by Crippen LogP contribution is 2.21. The monoisotopic (exact) mass is 233 g/mol. The summed E-state index contributed by atoms with van der Waals surface area (Å²) in [6.07, 6.45) is 3.20. The summed E-state index contributed by atoms with van der Waals surface area (Å²) in [4.78, 5) is 15.6. The van der Waals surface area contributed by atoms with Gasteiger partial charge < -0.3 is 10.3 Å². The van der Waals surface area contributed by atoms with Gasteiger partial charge in [-0.15, -0.1) is 0 Å². The summed E-state index contributed by atoms with van der Waals surface area (Å²) >= 11 is 0. The van der Waals surface area contributed by atoms with Crippen molar-refractivity contribution in [2.75, 3.05) is 5.32 Å². The molecule has 2 N–H and O–H groups in total. The molecule has 0 saturated heterocycles. The van der Waals surface area contributed by atoms with Crippen molar-refractivity contribution in [3.05, 3.63) is 12.7 Å². The Bertz CT molecular complexity index is 480. The normalized spacial score (nSPS) is 11.9. The quantitative estimate of drug-likeness (QED) is 0.851. The van der Waals surface area contributed by atoms with E-state index in [1.54, 1.807) is 12.7 Å². The number of aromatic amines is 1. The molecule has 0 aliphatic carbocycles. The Morgan fingerprint density at radius 3 is 2.41 bits per heavy atom. The third kappa shape index (κ3) is 2.38. The molecule has 0 aliphatic rings. The second-order valence-corrected chi connectivity index (χ2v) is 4.98. The summed E-state index contributed by atoms with van der Waals surface area (Å²) in [6.45, 7) is 8.84. The van der Waals surface area contributed by atoms with Gasteiger partial charge in [0.2, 0.25) is 0 Å². The van der Waals surface area contributed by atoms with Crippen molar-refractivity contribution in [3.63, 3.8) is 0 Å². The number of aromatic nitrogens is 4. The maximum atomic E-state index is 4.28. The topological polar surface area (TPSA) is 66.5 Å². The lowest BCUT2D eigenvalue weighted by Crippen LogP contribution is -2.31. The summed E-state index contributed by atoms with van der Waals surface area (Å²) < 4.78 is 0. The van der Waals surface area contributed by atoms with Gasteiger partial charge in [0.05, 0.1) is 6.33 Å². The van der Waals surface area contributed by atoms with Crippen LogP contribution in [-0.2, 0) is 0 Å². The van der Waals surface area contributed by atoms with Crippen LogP contribution in [0.2, 0.25) is 0 Å². The fraction of sp³-hybridized carbons (Fsp3) is 0.583. The van der Waals surface area contributed by atoms with Crippen molar-refractivity contribution >= 4 is 17.0 Å². The molecule has 2 rings (SSSR count). The van der Waals surface area contributed by atoms with Crippen LogP contribution in [0.3, 0.4) is 0 Å². The molecule has 0 saturated carbocycles. The third-order valence-corrected chi connectivity index (χ3v) is 2.96. The molecule has 2 heterocycles. The molecular formula is C12H19N5. The molecule has 0 fully saturated rings. The smallest absolute Gasteiger partial charge is 0.162 e. The SMILES string of the molecule is CC(C)C(Nc1ncnc2[nH]cnc12)C(C)C. The molecule has 2 aromatic rings. The van der Waals surface area contributed by atoms with E-state index < -0.39 is 0 Å². The Morgan fingerprint density at radius 2 is 1.76 bits per heavy atom. The lowest BCUT2D eigenvalue weighted by Gasteiger charge is -2.26. The second kappa shape index (κ2) is 4.69. The van der Waals surface area contributed by atoms with Crippen LogP contribution in [0.1, 0.15) is 27.7 Å². The molecule has 2 aromatic heterocycles. The van der Waals surface area contributed by atoms with Crippen molar-refractivity contribution in [2.45, 2.75) is 33.7 Å². The number of hydrogen-bond acceptors (Lipinski definition) is 4. The van der Waals surface area contributed by atoms with Gasteiger partial charge in [-0.05, 0) is 11.8 Å². The largest absolute Gasteiger partial charge is 0.365 e. The average molecular weight is 233 g/mol. The van der Waals surface area contributed by atoms with E-state index in [1.165, 1.54) is 0 Å². The van der Waals surface area contributed by atoms with Crippen LogP contribution in [0.15, 0.2) is 12.7 Å². The van der Waals surface area contributed by atoms with Gasteiger partial charge in [0.1, 0.15) is 11.8 Å². The molecule has 0 spiro atoms. The molecule has 0 aromatic carbocycles. The highest BCUT2D eigenvalue weighted by Gasteiger charge is 2.19. The summed E-state index contributed by atoms with van der Waals surface area (Å²) in [5.74, 6) is 1.89. The van der Waals surface area contributed by atoms with Crippen LogP contribution in [0, 0.1) is 11.8 Å². The highest BCUT2D eigenvalue weighted by atomic mass is 15.1. The van der Waals surface area contributed by atoms with Crippen LogP contribution < -0.4 is 5.32 Å². The van der Waals surface area contributed by atoms with Crippen LogP contribution in [-0.4, -0.2) is 26.0 Å². The zero-order valence-corrected chi connectivity index (χ0v) is 10.7. The number of fused-ring (bicyclic) bond motifs is 1. The molecule has 0 atom stereocenters. The number of rotatable bonds is 4. The molecule has 5 heteroatoms. The Labute approximate surface area is 101 Å². The van der Waals surface area contributed by atoms with E-state index in [4.69, 9.17) is 0 Å². The fourth-order valence-electron chi connectivity index (χ4n) is 2.13. The van der Waals surface area contributed by atoms with Crippen LogP contribution >= 0.6 is 0 Å². The molecule has 0 unspecified atom stereocenters. The number of nitrogens with one attached hydrogen (secondary N) is 2. The van der Waals surface area contributed by atoms with Gasteiger partial charge in [-0.1, -0.05) is 27.7 Å². The lowest BCUT2D eigenvalue weighted by molar-refractivity contribution is 0.412. The van der Waals surface area contributed by atoms with Crippen LogP contribution in [0.25, 0.3) is 11.2 Å². The van der Waals surface area contributed by atoms with E-state index in [1.807, 2.05) is 0 Å². The zero-order chi connectivity index (χ0) is 12.4. The number of anilines is 1. The number of H-pyrrole nitrogens is 1. The van der Waals surface area contributed by atoms with Gasteiger partial charge in [0.15, 0.2) is 11.5 Å². The first-order valence-electron chi connectivity index (χ1n) is 6.00. The number of imidazole rings is 1. The Balaban J connectivity index is 2.31. The second-order valence-electron chi connectivity index (χ2n) is 4.98. The Morgan fingerprint density at radius 1 is 1.06 bits per heavy atom. The third-order valence-electron chi connectivity index (χ3n) is 2.96. The molecule has 92 valence electrons. The first kappa shape index (κ1) is 11.8. The van der Waals surface area contributed by atoms with E-state index in [9.17, 15) is 0 Å². The average Bonchev–Trinajstić information content (AvgIpc) is 2.73.